The third-order valence-corrected chi connectivity index (χ3v) is 6.52. The van der Waals surface area contributed by atoms with Crippen LogP contribution in [0, 0.1) is 13.8 Å². The Kier molecular flexibility index (Phi) is 7.36. The summed E-state index contributed by atoms with van der Waals surface area (Å²) in [5, 5.41) is 3.80. The molecule has 0 unspecified atom stereocenters. The Bertz CT molecular complexity index is 1140. The summed E-state index contributed by atoms with van der Waals surface area (Å²) in [6.45, 7) is 6.77. The number of nitrogens with zero attached hydrogens (tertiary/aromatic N) is 4. The predicted octanol–water partition coefficient (Wildman–Crippen LogP) is 5.74. The van der Waals surface area contributed by atoms with Crippen molar-refractivity contribution in [3.63, 3.8) is 0 Å². The molecule has 0 aliphatic carbocycles. The fourth-order valence-corrected chi connectivity index (χ4v) is 4.39. The van der Waals surface area contributed by atoms with Crippen LogP contribution in [0.3, 0.4) is 0 Å². The highest BCUT2D eigenvalue weighted by atomic mass is 35.5. The number of rotatable bonds is 4. The fourth-order valence-electron chi connectivity index (χ4n) is 4.10. The summed E-state index contributed by atoms with van der Waals surface area (Å²) in [4.78, 5) is 26.4. The van der Waals surface area contributed by atoms with Gasteiger partial charge >= 0.3 is 6.03 Å². The Hall–Kier alpha value is -2.83. The third-order valence-electron chi connectivity index (χ3n) is 5.78. The quantitative estimate of drug-likeness (QED) is 0.514. The first-order valence-electron chi connectivity index (χ1n) is 11.0. The highest BCUT2D eigenvalue weighted by Crippen LogP contribution is 2.27. The van der Waals surface area contributed by atoms with E-state index in [9.17, 15) is 4.79 Å². The summed E-state index contributed by atoms with van der Waals surface area (Å²) in [5.41, 5.74) is 4.00. The van der Waals surface area contributed by atoms with E-state index in [0.717, 1.165) is 42.3 Å². The lowest BCUT2D eigenvalue weighted by atomic mass is 10.0. The van der Waals surface area contributed by atoms with Gasteiger partial charge in [0.25, 0.3) is 0 Å². The summed E-state index contributed by atoms with van der Waals surface area (Å²) in [6, 6.07) is 15.3. The Morgan fingerprint density at radius 1 is 0.970 bits per heavy atom. The molecular weight excluding hydrogens is 457 g/mol. The monoisotopic (exact) mass is 483 g/mol. The van der Waals surface area contributed by atoms with Crippen LogP contribution in [0.1, 0.15) is 29.1 Å². The zero-order valence-corrected chi connectivity index (χ0v) is 20.3. The van der Waals surface area contributed by atoms with Crippen molar-refractivity contribution in [1.29, 1.82) is 0 Å². The highest BCUT2D eigenvalue weighted by molar-refractivity contribution is 6.42. The number of amides is 2. The van der Waals surface area contributed by atoms with Crippen LogP contribution in [0.25, 0.3) is 0 Å². The number of carbonyl (C=O) groups excluding carboxylic acids is 1. The Morgan fingerprint density at radius 3 is 2.52 bits per heavy atom. The van der Waals surface area contributed by atoms with E-state index in [1.54, 1.807) is 18.2 Å². The maximum absolute atomic E-state index is 12.9. The van der Waals surface area contributed by atoms with E-state index in [1.807, 2.05) is 24.8 Å². The van der Waals surface area contributed by atoms with Gasteiger partial charge in [0.2, 0.25) is 0 Å². The van der Waals surface area contributed by atoms with Crippen LogP contribution >= 0.6 is 23.2 Å². The van der Waals surface area contributed by atoms with Gasteiger partial charge in [-0.15, -0.1) is 0 Å². The minimum Gasteiger partial charge on any atom is -0.354 e. The van der Waals surface area contributed by atoms with E-state index in [4.69, 9.17) is 28.2 Å². The van der Waals surface area contributed by atoms with Crippen LogP contribution in [0.2, 0.25) is 10.0 Å². The molecule has 2 amide bonds. The molecule has 0 spiro atoms. The van der Waals surface area contributed by atoms with Gasteiger partial charge in [-0.1, -0.05) is 53.5 Å². The molecule has 6 nitrogen and oxygen atoms in total. The number of nitrogens with one attached hydrogen (secondary N) is 1. The number of urea groups is 1. The van der Waals surface area contributed by atoms with Crippen molar-refractivity contribution in [2.45, 2.75) is 26.7 Å². The molecule has 2 heterocycles. The van der Waals surface area contributed by atoms with E-state index in [2.05, 4.69) is 39.5 Å². The van der Waals surface area contributed by atoms with Crippen LogP contribution in [0.15, 0.2) is 48.5 Å². The first-order chi connectivity index (χ1) is 15.9. The molecule has 2 aromatic carbocycles. The number of aromatic nitrogens is 2. The molecule has 1 aliphatic rings. The lowest BCUT2D eigenvalue weighted by Crippen LogP contribution is -2.38. The van der Waals surface area contributed by atoms with Crippen molar-refractivity contribution >= 4 is 40.7 Å². The normalized spacial score (nSPS) is 14.2. The molecule has 33 heavy (non-hydrogen) atoms. The zero-order valence-electron chi connectivity index (χ0n) is 18.8. The number of carbonyl (C=O) groups is 1. The molecule has 0 saturated carbocycles. The standard InChI is InChI=1S/C25H27Cl2N5O/c1-17-21(15-19-7-4-3-5-8-19)24(29-18(2)28-17)31-11-6-12-32(14-13-31)25(33)30-20-9-10-22(26)23(27)16-20/h3-5,7-10,16H,6,11-15H2,1-2H3,(H,30,33). The molecule has 172 valence electrons. The molecule has 0 bridgehead atoms. The van der Waals surface area contributed by atoms with Gasteiger partial charge in [0.15, 0.2) is 0 Å². The topological polar surface area (TPSA) is 61.4 Å². The van der Waals surface area contributed by atoms with Gasteiger partial charge in [0.1, 0.15) is 11.6 Å². The van der Waals surface area contributed by atoms with Crippen molar-refractivity contribution in [3.05, 3.63) is 81.2 Å². The predicted molar refractivity (Wildman–Crippen MR) is 135 cm³/mol. The van der Waals surface area contributed by atoms with E-state index in [-0.39, 0.29) is 6.03 Å². The van der Waals surface area contributed by atoms with E-state index < -0.39 is 0 Å². The molecule has 8 heteroatoms. The molecule has 0 radical (unpaired) electrons. The van der Waals surface area contributed by atoms with Crippen LogP contribution in [-0.2, 0) is 6.42 Å². The average molecular weight is 484 g/mol. The highest BCUT2D eigenvalue weighted by Gasteiger charge is 2.23. The minimum atomic E-state index is -0.144. The van der Waals surface area contributed by atoms with Gasteiger partial charge in [-0.25, -0.2) is 14.8 Å². The van der Waals surface area contributed by atoms with Crippen LogP contribution in [0.4, 0.5) is 16.3 Å². The van der Waals surface area contributed by atoms with Crippen molar-refractivity contribution in [2.75, 3.05) is 36.4 Å². The number of anilines is 2. The van der Waals surface area contributed by atoms with E-state index >= 15 is 0 Å². The molecule has 1 aliphatic heterocycles. The van der Waals surface area contributed by atoms with Gasteiger partial charge in [0.05, 0.1) is 10.0 Å². The van der Waals surface area contributed by atoms with Crippen molar-refractivity contribution in [2.24, 2.45) is 0 Å². The number of halogens is 2. The minimum absolute atomic E-state index is 0.144. The summed E-state index contributed by atoms with van der Waals surface area (Å²) in [5.74, 6) is 1.73. The molecule has 1 saturated heterocycles. The lowest BCUT2D eigenvalue weighted by Gasteiger charge is -2.26. The van der Waals surface area contributed by atoms with Gasteiger partial charge in [-0.05, 0) is 44.0 Å². The third kappa shape index (κ3) is 5.75. The molecule has 1 N–H and O–H groups in total. The van der Waals surface area contributed by atoms with Crippen molar-refractivity contribution in [1.82, 2.24) is 14.9 Å². The van der Waals surface area contributed by atoms with Crippen molar-refractivity contribution in [3.8, 4) is 0 Å². The lowest BCUT2D eigenvalue weighted by molar-refractivity contribution is 0.215. The van der Waals surface area contributed by atoms with Gasteiger partial charge < -0.3 is 15.1 Å². The largest absolute Gasteiger partial charge is 0.354 e. The summed E-state index contributed by atoms with van der Waals surface area (Å²) < 4.78 is 0. The Balaban J connectivity index is 1.49. The summed E-state index contributed by atoms with van der Waals surface area (Å²) in [6.07, 6.45) is 1.63. The van der Waals surface area contributed by atoms with Gasteiger partial charge in [-0.2, -0.15) is 0 Å². The number of hydrogen-bond acceptors (Lipinski definition) is 4. The second kappa shape index (κ2) is 10.4. The van der Waals surface area contributed by atoms with Gasteiger partial charge in [-0.3, -0.25) is 0 Å². The molecule has 4 rings (SSSR count). The zero-order chi connectivity index (χ0) is 23.4. The Labute approximate surface area is 204 Å². The van der Waals surface area contributed by atoms with Crippen molar-refractivity contribution < 1.29 is 4.79 Å². The Morgan fingerprint density at radius 2 is 1.76 bits per heavy atom. The number of aryl methyl sites for hydroxylation is 2. The SMILES string of the molecule is Cc1nc(C)c(Cc2ccccc2)c(N2CCCN(C(=O)Nc3ccc(Cl)c(Cl)c3)CC2)n1. The van der Waals surface area contributed by atoms with E-state index in [1.165, 1.54) is 5.56 Å². The van der Waals surface area contributed by atoms with Crippen LogP contribution < -0.4 is 10.2 Å². The molecule has 1 aromatic heterocycles. The first-order valence-corrected chi connectivity index (χ1v) is 11.8. The fraction of sp³-hybridized carbons (Fsp3) is 0.320. The summed E-state index contributed by atoms with van der Waals surface area (Å²) in [7, 11) is 0. The first kappa shape index (κ1) is 23.3. The maximum atomic E-state index is 12.9. The molecule has 0 atom stereocenters. The molecular formula is C25H27Cl2N5O. The molecule has 1 fully saturated rings. The second-order valence-electron chi connectivity index (χ2n) is 8.21. The number of benzene rings is 2. The molecule has 3 aromatic rings. The van der Waals surface area contributed by atoms with Crippen LogP contribution in [0.5, 0.6) is 0 Å². The smallest absolute Gasteiger partial charge is 0.321 e. The van der Waals surface area contributed by atoms with Gasteiger partial charge in [0, 0.05) is 49.5 Å². The second-order valence-corrected chi connectivity index (χ2v) is 9.02. The summed E-state index contributed by atoms with van der Waals surface area (Å²) >= 11 is 12.1. The average Bonchev–Trinajstić information content (AvgIpc) is 3.05. The number of hydrogen-bond donors (Lipinski definition) is 1. The van der Waals surface area contributed by atoms with E-state index in [0.29, 0.717) is 35.4 Å². The van der Waals surface area contributed by atoms with Crippen LogP contribution in [-0.4, -0.2) is 47.1 Å². The maximum Gasteiger partial charge on any atom is 0.321 e.